The number of urea groups is 1. The van der Waals surface area contributed by atoms with Crippen molar-refractivity contribution in [1.29, 1.82) is 0 Å². The van der Waals surface area contributed by atoms with E-state index in [1.807, 2.05) is 0 Å². The summed E-state index contributed by atoms with van der Waals surface area (Å²) in [4.78, 5) is 22.5. The van der Waals surface area contributed by atoms with Crippen LogP contribution in [0.3, 0.4) is 0 Å². The molecular weight excluding hydrogens is 252 g/mol. The van der Waals surface area contributed by atoms with E-state index in [-0.39, 0.29) is 11.6 Å². The molecule has 0 atom stereocenters. The Kier molecular flexibility index (Phi) is 4.19. The molecule has 5 nitrogen and oxygen atoms in total. The number of rotatable bonds is 4. The summed E-state index contributed by atoms with van der Waals surface area (Å²) in [5, 5.41) is 16.3. The van der Waals surface area contributed by atoms with Gasteiger partial charge in [-0.15, -0.1) is 11.3 Å². The minimum atomic E-state index is -1.03. The largest absolute Gasteiger partial charge is 0.478 e. The molecule has 1 fully saturated rings. The van der Waals surface area contributed by atoms with Gasteiger partial charge in [0.2, 0.25) is 0 Å². The van der Waals surface area contributed by atoms with E-state index in [2.05, 4.69) is 10.6 Å². The van der Waals surface area contributed by atoms with Crippen LogP contribution in [0.25, 0.3) is 0 Å². The topological polar surface area (TPSA) is 78.4 Å². The first-order valence-corrected chi connectivity index (χ1v) is 6.90. The maximum absolute atomic E-state index is 11.6. The van der Waals surface area contributed by atoms with E-state index < -0.39 is 5.97 Å². The number of nitrogens with one attached hydrogen (secondary N) is 2. The molecule has 0 bridgehead atoms. The van der Waals surface area contributed by atoms with Crippen molar-refractivity contribution < 1.29 is 14.7 Å². The number of aromatic carboxylic acids is 1. The molecule has 1 saturated carbocycles. The van der Waals surface area contributed by atoms with E-state index in [4.69, 9.17) is 5.11 Å². The zero-order valence-corrected chi connectivity index (χ0v) is 10.8. The number of carboxylic acids is 1. The Morgan fingerprint density at radius 2 is 2.11 bits per heavy atom. The number of hydrogen-bond donors (Lipinski definition) is 3. The van der Waals surface area contributed by atoms with Gasteiger partial charge < -0.3 is 10.4 Å². The molecule has 18 heavy (non-hydrogen) atoms. The van der Waals surface area contributed by atoms with Gasteiger partial charge in [-0.3, -0.25) is 5.32 Å². The van der Waals surface area contributed by atoms with Crippen LogP contribution in [0, 0.1) is 5.92 Å². The van der Waals surface area contributed by atoms with E-state index in [0.29, 0.717) is 17.5 Å². The zero-order valence-electron chi connectivity index (χ0n) is 9.94. The van der Waals surface area contributed by atoms with Crippen molar-refractivity contribution in [2.45, 2.75) is 25.7 Å². The molecule has 0 unspecified atom stereocenters. The van der Waals surface area contributed by atoms with Gasteiger partial charge in [-0.2, -0.15) is 0 Å². The van der Waals surface area contributed by atoms with Crippen molar-refractivity contribution in [3.05, 3.63) is 17.0 Å². The minimum absolute atomic E-state index is 0.135. The lowest BCUT2D eigenvalue weighted by Gasteiger charge is -2.11. The first-order chi connectivity index (χ1) is 8.66. The summed E-state index contributed by atoms with van der Waals surface area (Å²) in [6.45, 7) is 0.666. The highest BCUT2D eigenvalue weighted by molar-refractivity contribution is 7.14. The van der Waals surface area contributed by atoms with Gasteiger partial charge in [-0.05, 0) is 30.2 Å². The van der Waals surface area contributed by atoms with E-state index >= 15 is 0 Å². The number of carbonyl (C=O) groups is 2. The standard InChI is InChI=1S/C12H16N2O3S/c15-11(16)9-5-6-18-10(9)14-12(17)13-7-8-3-1-2-4-8/h5-6,8H,1-4,7H2,(H,15,16)(H2,13,14,17). The summed E-state index contributed by atoms with van der Waals surface area (Å²) in [5.74, 6) is -0.458. The van der Waals surface area contributed by atoms with Crippen molar-refractivity contribution >= 4 is 28.3 Å². The molecule has 1 aliphatic rings. The number of thiophene rings is 1. The van der Waals surface area contributed by atoms with Gasteiger partial charge in [0.05, 0.1) is 5.56 Å². The highest BCUT2D eigenvalue weighted by atomic mass is 32.1. The molecular formula is C12H16N2O3S. The summed E-state index contributed by atoms with van der Waals surface area (Å²) < 4.78 is 0. The Bertz CT molecular complexity index is 438. The summed E-state index contributed by atoms with van der Waals surface area (Å²) in [6.07, 6.45) is 4.81. The van der Waals surface area contributed by atoms with Crippen LogP contribution in [0.15, 0.2) is 11.4 Å². The lowest BCUT2D eigenvalue weighted by Crippen LogP contribution is -2.32. The predicted molar refractivity (Wildman–Crippen MR) is 70.3 cm³/mol. The summed E-state index contributed by atoms with van der Waals surface area (Å²) in [6, 6.07) is 1.16. The SMILES string of the molecule is O=C(NCC1CCCC1)Nc1sccc1C(=O)O. The maximum atomic E-state index is 11.6. The van der Waals surface area contributed by atoms with Gasteiger partial charge in [0.1, 0.15) is 5.00 Å². The third-order valence-electron chi connectivity index (χ3n) is 3.15. The van der Waals surface area contributed by atoms with Crippen LogP contribution in [-0.4, -0.2) is 23.7 Å². The van der Waals surface area contributed by atoms with Gasteiger partial charge in [0.25, 0.3) is 0 Å². The van der Waals surface area contributed by atoms with E-state index in [0.717, 1.165) is 0 Å². The Labute approximate surface area is 109 Å². The lowest BCUT2D eigenvalue weighted by molar-refractivity contribution is 0.0698. The van der Waals surface area contributed by atoms with Crippen molar-refractivity contribution in [2.24, 2.45) is 5.92 Å². The normalized spacial score (nSPS) is 15.6. The Morgan fingerprint density at radius 1 is 1.39 bits per heavy atom. The first-order valence-electron chi connectivity index (χ1n) is 6.02. The van der Waals surface area contributed by atoms with Crippen LogP contribution in [0.5, 0.6) is 0 Å². The lowest BCUT2D eigenvalue weighted by atomic mass is 10.1. The molecule has 6 heteroatoms. The van der Waals surface area contributed by atoms with Crippen LogP contribution >= 0.6 is 11.3 Å². The van der Waals surface area contributed by atoms with E-state index in [9.17, 15) is 9.59 Å². The molecule has 2 rings (SSSR count). The number of anilines is 1. The maximum Gasteiger partial charge on any atom is 0.338 e. The molecule has 1 aromatic heterocycles. The Morgan fingerprint density at radius 3 is 2.78 bits per heavy atom. The highest BCUT2D eigenvalue weighted by Crippen LogP contribution is 2.24. The van der Waals surface area contributed by atoms with Crippen molar-refractivity contribution in [3.63, 3.8) is 0 Å². The first kappa shape index (κ1) is 12.9. The summed E-state index contributed by atoms with van der Waals surface area (Å²) >= 11 is 1.21. The third kappa shape index (κ3) is 3.22. The van der Waals surface area contributed by atoms with Gasteiger partial charge in [0.15, 0.2) is 0 Å². The quantitative estimate of drug-likeness (QED) is 0.785. The Hall–Kier alpha value is -1.56. The number of carbonyl (C=O) groups excluding carboxylic acids is 1. The number of carboxylic acid groups (broad SMARTS) is 1. The summed E-state index contributed by atoms with van der Waals surface area (Å²) in [7, 11) is 0. The second kappa shape index (κ2) is 5.86. The van der Waals surface area contributed by atoms with Crippen LogP contribution in [0.1, 0.15) is 36.0 Å². The van der Waals surface area contributed by atoms with Crippen LogP contribution < -0.4 is 10.6 Å². The second-order valence-electron chi connectivity index (χ2n) is 4.45. The second-order valence-corrected chi connectivity index (χ2v) is 5.37. The average molecular weight is 268 g/mol. The predicted octanol–water partition coefficient (Wildman–Crippen LogP) is 2.76. The fraction of sp³-hybridized carbons (Fsp3) is 0.500. The monoisotopic (exact) mass is 268 g/mol. The fourth-order valence-corrected chi connectivity index (χ4v) is 2.95. The summed E-state index contributed by atoms with van der Waals surface area (Å²) in [5.41, 5.74) is 0.135. The molecule has 0 spiro atoms. The van der Waals surface area contributed by atoms with Crippen molar-refractivity contribution in [3.8, 4) is 0 Å². The van der Waals surface area contributed by atoms with Gasteiger partial charge in [0, 0.05) is 6.54 Å². The minimum Gasteiger partial charge on any atom is -0.478 e. The third-order valence-corrected chi connectivity index (χ3v) is 3.98. The molecule has 1 aromatic rings. The molecule has 2 amide bonds. The number of amides is 2. The molecule has 98 valence electrons. The average Bonchev–Trinajstić information content (AvgIpc) is 2.96. The Balaban J connectivity index is 1.82. The zero-order chi connectivity index (χ0) is 13.0. The van der Waals surface area contributed by atoms with Gasteiger partial charge >= 0.3 is 12.0 Å². The molecule has 1 aliphatic carbocycles. The molecule has 3 N–H and O–H groups in total. The van der Waals surface area contributed by atoms with Crippen molar-refractivity contribution in [1.82, 2.24) is 5.32 Å². The van der Waals surface area contributed by atoms with E-state index in [1.54, 1.807) is 5.38 Å². The molecule has 1 heterocycles. The molecule has 0 saturated heterocycles. The number of hydrogen-bond acceptors (Lipinski definition) is 3. The van der Waals surface area contributed by atoms with E-state index in [1.165, 1.54) is 43.1 Å². The van der Waals surface area contributed by atoms with Crippen LogP contribution in [0.2, 0.25) is 0 Å². The molecule has 0 aromatic carbocycles. The van der Waals surface area contributed by atoms with Crippen LogP contribution in [-0.2, 0) is 0 Å². The van der Waals surface area contributed by atoms with Crippen LogP contribution in [0.4, 0.5) is 9.80 Å². The molecule has 0 radical (unpaired) electrons. The van der Waals surface area contributed by atoms with Gasteiger partial charge in [-0.25, -0.2) is 9.59 Å². The molecule has 0 aliphatic heterocycles. The fourth-order valence-electron chi connectivity index (χ4n) is 2.17. The van der Waals surface area contributed by atoms with Crippen molar-refractivity contribution in [2.75, 3.05) is 11.9 Å². The highest BCUT2D eigenvalue weighted by Gasteiger charge is 2.17. The smallest absolute Gasteiger partial charge is 0.338 e. The van der Waals surface area contributed by atoms with Gasteiger partial charge in [-0.1, -0.05) is 12.8 Å².